The third kappa shape index (κ3) is 8.49. The van der Waals surface area contributed by atoms with Gasteiger partial charge in [-0.15, -0.1) is 0 Å². The van der Waals surface area contributed by atoms with Crippen LogP contribution in [0.5, 0.6) is 0 Å². The SMILES string of the molecule is CC(C)(C)ON=C1CNC1.O=C(O)C(F)(F)F. The second-order valence-electron chi connectivity index (χ2n) is 4.27. The van der Waals surface area contributed by atoms with E-state index in [4.69, 9.17) is 14.7 Å². The predicted molar refractivity (Wildman–Crippen MR) is 54.8 cm³/mol. The monoisotopic (exact) mass is 256 g/mol. The van der Waals surface area contributed by atoms with Crippen LogP contribution in [0.15, 0.2) is 5.16 Å². The van der Waals surface area contributed by atoms with Crippen LogP contribution < -0.4 is 5.32 Å². The van der Waals surface area contributed by atoms with Gasteiger partial charge in [0, 0.05) is 13.1 Å². The van der Waals surface area contributed by atoms with Crippen LogP contribution in [0.25, 0.3) is 0 Å². The Morgan fingerprint density at radius 3 is 1.94 bits per heavy atom. The van der Waals surface area contributed by atoms with Crippen molar-refractivity contribution >= 4 is 11.7 Å². The van der Waals surface area contributed by atoms with Crippen LogP contribution >= 0.6 is 0 Å². The van der Waals surface area contributed by atoms with Crippen LogP contribution in [0.3, 0.4) is 0 Å². The van der Waals surface area contributed by atoms with Crippen LogP contribution in [0, 0.1) is 0 Å². The zero-order valence-corrected chi connectivity index (χ0v) is 9.76. The van der Waals surface area contributed by atoms with Crippen molar-refractivity contribution in [2.24, 2.45) is 5.16 Å². The topological polar surface area (TPSA) is 70.9 Å². The molecule has 0 atom stereocenters. The molecule has 0 unspecified atom stereocenters. The minimum Gasteiger partial charge on any atom is -0.475 e. The summed E-state index contributed by atoms with van der Waals surface area (Å²) in [6, 6.07) is 0. The van der Waals surface area contributed by atoms with Crippen LogP contribution in [-0.2, 0) is 9.63 Å². The van der Waals surface area contributed by atoms with E-state index in [-0.39, 0.29) is 5.60 Å². The number of hydrogen-bond acceptors (Lipinski definition) is 4. The molecule has 0 aromatic rings. The number of aliphatic carboxylic acids is 1. The van der Waals surface area contributed by atoms with Crippen LogP contribution in [-0.4, -0.2) is 41.7 Å². The van der Waals surface area contributed by atoms with Gasteiger partial charge in [-0.05, 0) is 20.8 Å². The van der Waals surface area contributed by atoms with Crippen molar-refractivity contribution in [2.45, 2.75) is 32.5 Å². The smallest absolute Gasteiger partial charge is 0.475 e. The lowest BCUT2D eigenvalue weighted by Gasteiger charge is -2.20. The summed E-state index contributed by atoms with van der Waals surface area (Å²) in [7, 11) is 0. The normalized spacial score (nSPS) is 15.3. The molecule has 0 aromatic carbocycles. The number of oxime groups is 1. The molecule has 1 aliphatic rings. The van der Waals surface area contributed by atoms with E-state index in [1.165, 1.54) is 0 Å². The summed E-state index contributed by atoms with van der Waals surface area (Å²) in [5.41, 5.74) is 0.956. The highest BCUT2D eigenvalue weighted by molar-refractivity contribution is 5.92. The molecule has 1 fully saturated rings. The fourth-order valence-electron chi connectivity index (χ4n) is 0.503. The van der Waals surface area contributed by atoms with Gasteiger partial charge in [0.15, 0.2) is 0 Å². The summed E-state index contributed by atoms with van der Waals surface area (Å²) >= 11 is 0. The summed E-state index contributed by atoms with van der Waals surface area (Å²) < 4.78 is 31.7. The number of rotatable bonds is 1. The Kier molecular flexibility index (Phi) is 5.40. The number of carboxylic acids is 1. The maximum absolute atomic E-state index is 10.6. The summed E-state index contributed by atoms with van der Waals surface area (Å²) in [5, 5.41) is 14.2. The Labute approximate surface area is 96.6 Å². The lowest BCUT2D eigenvalue weighted by atomic mass is 10.2. The van der Waals surface area contributed by atoms with Gasteiger partial charge in [0.1, 0.15) is 5.60 Å². The van der Waals surface area contributed by atoms with Crippen molar-refractivity contribution in [3.05, 3.63) is 0 Å². The van der Waals surface area contributed by atoms with Crippen LogP contribution in [0.4, 0.5) is 13.2 Å². The molecule has 5 nitrogen and oxygen atoms in total. The summed E-state index contributed by atoms with van der Waals surface area (Å²) in [6.07, 6.45) is -5.08. The maximum Gasteiger partial charge on any atom is 0.490 e. The van der Waals surface area contributed by atoms with Gasteiger partial charge in [0.05, 0.1) is 5.71 Å². The molecule has 1 saturated heterocycles. The van der Waals surface area contributed by atoms with E-state index < -0.39 is 12.1 Å². The van der Waals surface area contributed by atoms with Crippen molar-refractivity contribution in [1.82, 2.24) is 5.32 Å². The Hall–Kier alpha value is -1.31. The van der Waals surface area contributed by atoms with E-state index in [1.807, 2.05) is 20.8 Å². The lowest BCUT2D eigenvalue weighted by molar-refractivity contribution is -0.192. The van der Waals surface area contributed by atoms with Crippen molar-refractivity contribution < 1.29 is 27.9 Å². The number of halogens is 3. The van der Waals surface area contributed by atoms with E-state index in [9.17, 15) is 13.2 Å². The average Bonchev–Trinajstić information content (AvgIpc) is 1.97. The Bertz CT molecular complexity index is 289. The van der Waals surface area contributed by atoms with Crippen LogP contribution in [0.2, 0.25) is 0 Å². The first-order valence-electron chi connectivity index (χ1n) is 4.77. The predicted octanol–water partition coefficient (Wildman–Crippen LogP) is 1.39. The molecule has 0 bridgehead atoms. The third-order valence-corrected chi connectivity index (χ3v) is 1.35. The minimum absolute atomic E-state index is 0.150. The van der Waals surface area contributed by atoms with E-state index in [0.717, 1.165) is 18.8 Å². The zero-order valence-electron chi connectivity index (χ0n) is 9.76. The van der Waals surface area contributed by atoms with Gasteiger partial charge in [-0.1, -0.05) is 5.16 Å². The Balaban J connectivity index is 0.000000325. The molecule has 0 aromatic heterocycles. The highest BCUT2D eigenvalue weighted by atomic mass is 19.4. The fourth-order valence-corrected chi connectivity index (χ4v) is 0.503. The van der Waals surface area contributed by atoms with Gasteiger partial charge >= 0.3 is 12.1 Å². The van der Waals surface area contributed by atoms with Gasteiger partial charge in [0.25, 0.3) is 0 Å². The highest BCUT2D eigenvalue weighted by Gasteiger charge is 2.38. The molecule has 8 heteroatoms. The molecule has 1 heterocycles. The van der Waals surface area contributed by atoms with Crippen molar-refractivity contribution in [1.29, 1.82) is 0 Å². The highest BCUT2D eigenvalue weighted by Crippen LogP contribution is 2.13. The second kappa shape index (κ2) is 5.85. The number of nitrogens with zero attached hydrogens (tertiary/aromatic N) is 1. The number of carbonyl (C=O) groups is 1. The number of nitrogens with one attached hydrogen (secondary N) is 1. The quantitative estimate of drug-likeness (QED) is 0.695. The maximum atomic E-state index is 10.6. The summed E-state index contributed by atoms with van der Waals surface area (Å²) in [6.45, 7) is 7.74. The minimum atomic E-state index is -5.08. The zero-order chi connectivity index (χ0) is 13.7. The molecule has 0 aliphatic carbocycles. The molecule has 1 aliphatic heterocycles. The molecule has 1 rings (SSSR count). The van der Waals surface area contributed by atoms with Crippen LogP contribution in [0.1, 0.15) is 20.8 Å². The summed E-state index contributed by atoms with van der Waals surface area (Å²) in [5.74, 6) is -2.76. The van der Waals surface area contributed by atoms with E-state index >= 15 is 0 Å². The van der Waals surface area contributed by atoms with Crippen molar-refractivity contribution in [3.63, 3.8) is 0 Å². The fraction of sp³-hybridized carbons (Fsp3) is 0.778. The van der Waals surface area contributed by atoms with Gasteiger partial charge in [-0.2, -0.15) is 13.2 Å². The largest absolute Gasteiger partial charge is 0.490 e. The molecule has 0 saturated carbocycles. The van der Waals surface area contributed by atoms with E-state index in [2.05, 4.69) is 10.5 Å². The summed E-state index contributed by atoms with van der Waals surface area (Å²) in [4.78, 5) is 14.1. The van der Waals surface area contributed by atoms with Gasteiger partial charge < -0.3 is 15.3 Å². The molecule has 100 valence electrons. The first-order chi connectivity index (χ1) is 7.52. The average molecular weight is 256 g/mol. The van der Waals surface area contributed by atoms with Gasteiger partial charge in [-0.25, -0.2) is 4.79 Å². The van der Waals surface area contributed by atoms with E-state index in [1.54, 1.807) is 0 Å². The third-order valence-electron chi connectivity index (χ3n) is 1.35. The van der Waals surface area contributed by atoms with E-state index in [0.29, 0.717) is 0 Å². The number of alkyl halides is 3. The first kappa shape index (κ1) is 15.7. The molecule has 0 amide bonds. The molecule has 17 heavy (non-hydrogen) atoms. The van der Waals surface area contributed by atoms with Gasteiger partial charge in [0.2, 0.25) is 0 Å². The lowest BCUT2D eigenvalue weighted by Crippen LogP contribution is -2.43. The molecule has 0 radical (unpaired) electrons. The number of carboxylic acid groups (broad SMARTS) is 1. The van der Waals surface area contributed by atoms with Gasteiger partial charge in [-0.3, -0.25) is 0 Å². The second-order valence-corrected chi connectivity index (χ2v) is 4.27. The number of hydrogen-bond donors (Lipinski definition) is 2. The molecule has 0 spiro atoms. The first-order valence-corrected chi connectivity index (χ1v) is 4.77. The van der Waals surface area contributed by atoms with Crippen molar-refractivity contribution in [3.8, 4) is 0 Å². The Morgan fingerprint density at radius 2 is 1.76 bits per heavy atom. The molecule has 2 N–H and O–H groups in total. The van der Waals surface area contributed by atoms with Crippen molar-refractivity contribution in [2.75, 3.05) is 13.1 Å². The molecular formula is C9H15F3N2O3. The Morgan fingerprint density at radius 1 is 1.35 bits per heavy atom. The standard InChI is InChI=1S/C7H14N2O.C2HF3O2/c1-7(2,3)10-9-6-4-8-5-6;3-2(4,5)1(6)7/h8H,4-5H2,1-3H3;(H,6,7). The molecular weight excluding hydrogens is 241 g/mol.